The van der Waals surface area contributed by atoms with Crippen LogP contribution in [0.25, 0.3) is 10.8 Å². The molecule has 19 heavy (non-hydrogen) atoms. The summed E-state index contributed by atoms with van der Waals surface area (Å²) in [5.41, 5.74) is 1.14. The summed E-state index contributed by atoms with van der Waals surface area (Å²) in [6, 6.07) is 10.7. The van der Waals surface area contributed by atoms with Gasteiger partial charge in [-0.05, 0) is 29.8 Å². The van der Waals surface area contributed by atoms with Crippen LogP contribution in [-0.2, 0) is 9.05 Å². The van der Waals surface area contributed by atoms with Crippen molar-refractivity contribution in [3.63, 3.8) is 0 Å². The Kier molecular flexibility index (Phi) is 5.83. The van der Waals surface area contributed by atoms with Crippen molar-refractivity contribution in [1.29, 1.82) is 0 Å². The summed E-state index contributed by atoms with van der Waals surface area (Å²) in [4.78, 5) is 0.139. The molecule has 0 aliphatic carbocycles. The third kappa shape index (κ3) is 4.84. The average molecular weight is 299 g/mol. The maximum atomic E-state index is 11.1. The van der Waals surface area contributed by atoms with Gasteiger partial charge in [0.05, 0.1) is 4.90 Å². The van der Waals surface area contributed by atoms with Gasteiger partial charge in [0.1, 0.15) is 0 Å². The zero-order chi connectivity index (χ0) is 14.5. The Morgan fingerprint density at radius 1 is 0.947 bits per heavy atom. The van der Waals surface area contributed by atoms with E-state index in [4.69, 9.17) is 10.7 Å². The highest BCUT2D eigenvalue weighted by atomic mass is 35.7. The van der Waals surface area contributed by atoms with E-state index in [1.807, 2.05) is 25.1 Å². The molecule has 0 saturated carbocycles. The van der Waals surface area contributed by atoms with E-state index in [0.29, 0.717) is 0 Å². The summed E-state index contributed by atoms with van der Waals surface area (Å²) < 4.78 is 22.2. The molecule has 2 rings (SSSR count). The summed E-state index contributed by atoms with van der Waals surface area (Å²) in [6.07, 6.45) is 2.64. The minimum atomic E-state index is -3.63. The fraction of sp³-hybridized carbons (Fsp3) is 0.333. The molecular weight excluding hydrogens is 280 g/mol. The number of hydrogen-bond acceptors (Lipinski definition) is 2. The number of hydrogen-bond donors (Lipinski definition) is 0. The predicted molar refractivity (Wildman–Crippen MR) is 82.3 cm³/mol. The fourth-order valence-electron chi connectivity index (χ4n) is 1.49. The van der Waals surface area contributed by atoms with Crippen molar-refractivity contribution in [2.24, 2.45) is 0 Å². The highest BCUT2D eigenvalue weighted by Crippen LogP contribution is 2.22. The van der Waals surface area contributed by atoms with Gasteiger partial charge < -0.3 is 0 Å². The Morgan fingerprint density at radius 3 is 2.00 bits per heavy atom. The largest absolute Gasteiger partial charge is 0.261 e. The lowest BCUT2D eigenvalue weighted by Crippen LogP contribution is -1.89. The molecule has 0 radical (unpaired) electrons. The first-order valence-electron chi connectivity index (χ1n) is 6.33. The SMILES string of the molecule is CCCC.Cc1ccc2cc(S(=O)(=O)Cl)ccc2c1. The van der Waals surface area contributed by atoms with Crippen LogP contribution in [0.4, 0.5) is 0 Å². The number of fused-ring (bicyclic) bond motifs is 1. The van der Waals surface area contributed by atoms with E-state index in [0.717, 1.165) is 16.3 Å². The number of aryl methyl sites for hydroxylation is 1. The van der Waals surface area contributed by atoms with Gasteiger partial charge in [0.2, 0.25) is 0 Å². The van der Waals surface area contributed by atoms with Gasteiger partial charge in [-0.2, -0.15) is 0 Å². The molecule has 0 aliphatic rings. The molecule has 0 unspecified atom stereocenters. The van der Waals surface area contributed by atoms with Crippen LogP contribution in [0.5, 0.6) is 0 Å². The van der Waals surface area contributed by atoms with Gasteiger partial charge in [-0.25, -0.2) is 8.42 Å². The highest BCUT2D eigenvalue weighted by Gasteiger charge is 2.09. The Morgan fingerprint density at radius 2 is 1.47 bits per heavy atom. The van der Waals surface area contributed by atoms with Crippen LogP contribution in [0.15, 0.2) is 41.3 Å². The van der Waals surface area contributed by atoms with Crippen molar-refractivity contribution in [2.75, 3.05) is 0 Å². The summed E-state index contributed by atoms with van der Waals surface area (Å²) in [7, 11) is 1.63. The van der Waals surface area contributed by atoms with E-state index in [1.54, 1.807) is 12.1 Å². The van der Waals surface area contributed by atoms with E-state index >= 15 is 0 Å². The van der Waals surface area contributed by atoms with Gasteiger partial charge in [0.25, 0.3) is 9.05 Å². The zero-order valence-corrected chi connectivity index (χ0v) is 13.1. The normalized spacial score (nSPS) is 10.9. The molecule has 0 heterocycles. The van der Waals surface area contributed by atoms with Crippen LogP contribution in [0, 0.1) is 6.92 Å². The second-order valence-corrected chi connectivity index (χ2v) is 7.02. The van der Waals surface area contributed by atoms with E-state index in [9.17, 15) is 8.42 Å². The number of benzene rings is 2. The van der Waals surface area contributed by atoms with Crippen LogP contribution in [0.1, 0.15) is 32.3 Å². The molecule has 0 atom stereocenters. The average Bonchev–Trinajstić information content (AvgIpc) is 2.37. The van der Waals surface area contributed by atoms with Crippen LogP contribution >= 0.6 is 10.7 Å². The lowest BCUT2D eigenvalue weighted by atomic mass is 10.1. The van der Waals surface area contributed by atoms with Gasteiger partial charge in [0.15, 0.2) is 0 Å². The quantitative estimate of drug-likeness (QED) is 0.740. The Labute approximate surface area is 119 Å². The maximum Gasteiger partial charge on any atom is 0.261 e. The first kappa shape index (κ1) is 16.0. The van der Waals surface area contributed by atoms with Gasteiger partial charge in [-0.1, -0.05) is 56.5 Å². The lowest BCUT2D eigenvalue weighted by Gasteiger charge is -2.01. The Bertz CT molecular complexity index is 646. The van der Waals surface area contributed by atoms with E-state index < -0.39 is 9.05 Å². The smallest absolute Gasteiger partial charge is 0.207 e. The van der Waals surface area contributed by atoms with Gasteiger partial charge >= 0.3 is 0 Å². The van der Waals surface area contributed by atoms with E-state index in [2.05, 4.69) is 13.8 Å². The third-order valence-corrected chi connectivity index (χ3v) is 4.10. The Balaban J connectivity index is 0.000000399. The first-order valence-corrected chi connectivity index (χ1v) is 8.64. The summed E-state index contributed by atoms with van der Waals surface area (Å²) >= 11 is 0. The fourth-order valence-corrected chi connectivity index (χ4v) is 2.28. The van der Waals surface area contributed by atoms with E-state index in [-0.39, 0.29) is 4.90 Å². The number of rotatable bonds is 2. The summed E-state index contributed by atoms with van der Waals surface area (Å²) in [6.45, 7) is 6.35. The molecule has 0 saturated heterocycles. The standard InChI is InChI=1S/C11H9ClO2S.C4H10/c1-8-2-3-10-7-11(15(12,13)14)5-4-9(10)6-8;1-3-4-2/h2-7H,1H3;3-4H2,1-2H3. The van der Waals surface area contributed by atoms with Crippen molar-refractivity contribution >= 4 is 30.5 Å². The minimum Gasteiger partial charge on any atom is -0.207 e. The van der Waals surface area contributed by atoms with Gasteiger partial charge in [0, 0.05) is 10.7 Å². The maximum absolute atomic E-state index is 11.1. The second kappa shape index (κ2) is 6.92. The molecule has 2 aromatic carbocycles. The van der Waals surface area contributed by atoms with Crippen molar-refractivity contribution in [3.05, 3.63) is 42.0 Å². The molecule has 4 heteroatoms. The Hall–Kier alpha value is -1.06. The van der Waals surface area contributed by atoms with E-state index in [1.165, 1.54) is 18.9 Å². The number of unbranched alkanes of at least 4 members (excludes halogenated alkanes) is 1. The number of halogens is 1. The minimum absolute atomic E-state index is 0.139. The summed E-state index contributed by atoms with van der Waals surface area (Å²) in [5, 5.41) is 1.89. The monoisotopic (exact) mass is 298 g/mol. The third-order valence-electron chi connectivity index (χ3n) is 2.75. The lowest BCUT2D eigenvalue weighted by molar-refractivity contribution is 0.609. The van der Waals surface area contributed by atoms with Crippen molar-refractivity contribution < 1.29 is 8.42 Å². The molecule has 0 bridgehead atoms. The van der Waals surface area contributed by atoms with Gasteiger partial charge in [-0.15, -0.1) is 0 Å². The zero-order valence-electron chi connectivity index (χ0n) is 11.5. The molecule has 2 nitrogen and oxygen atoms in total. The van der Waals surface area contributed by atoms with Crippen LogP contribution in [-0.4, -0.2) is 8.42 Å². The molecule has 0 N–H and O–H groups in total. The molecule has 104 valence electrons. The van der Waals surface area contributed by atoms with Gasteiger partial charge in [-0.3, -0.25) is 0 Å². The second-order valence-electron chi connectivity index (χ2n) is 4.45. The van der Waals surface area contributed by atoms with Crippen molar-refractivity contribution in [2.45, 2.75) is 38.5 Å². The van der Waals surface area contributed by atoms with Crippen molar-refractivity contribution in [1.82, 2.24) is 0 Å². The predicted octanol–water partition coefficient (Wildman–Crippen LogP) is 4.88. The summed E-state index contributed by atoms with van der Waals surface area (Å²) in [5.74, 6) is 0. The molecule has 0 aromatic heterocycles. The highest BCUT2D eigenvalue weighted by molar-refractivity contribution is 8.13. The molecule has 2 aromatic rings. The topological polar surface area (TPSA) is 34.1 Å². The van der Waals surface area contributed by atoms with Crippen molar-refractivity contribution in [3.8, 4) is 0 Å². The molecule has 0 spiro atoms. The molecule has 0 amide bonds. The van der Waals surface area contributed by atoms with Crippen LogP contribution in [0.2, 0.25) is 0 Å². The molecular formula is C15H19ClO2S. The first-order chi connectivity index (χ1) is 8.88. The molecule has 0 aliphatic heterocycles. The molecule has 0 fully saturated rings. The van der Waals surface area contributed by atoms with Crippen LogP contribution < -0.4 is 0 Å². The van der Waals surface area contributed by atoms with Crippen LogP contribution in [0.3, 0.4) is 0 Å².